The lowest BCUT2D eigenvalue weighted by Crippen LogP contribution is -2.49. The van der Waals surface area contributed by atoms with Crippen molar-refractivity contribution in [1.29, 1.82) is 0 Å². The third-order valence-corrected chi connectivity index (χ3v) is 4.30. The standard InChI is InChI=1S/C19H21N3O2S/c23-18(21-22-19(25)20-15-6-4-5-7-15)14-10-12-17(13-11-14)24-16-8-2-1-3-9-16/h1-3,8-13,15H,4-7H2,(H,21,23)(H2,20,22,25). The maximum Gasteiger partial charge on any atom is 0.269 e. The summed E-state index contributed by atoms with van der Waals surface area (Å²) in [5, 5.41) is 3.66. The lowest BCUT2D eigenvalue weighted by Gasteiger charge is -2.16. The molecule has 0 saturated heterocycles. The Balaban J connectivity index is 1.47. The van der Waals surface area contributed by atoms with E-state index in [1.807, 2.05) is 30.3 Å². The Kier molecular flexibility index (Phi) is 5.85. The quantitative estimate of drug-likeness (QED) is 0.578. The summed E-state index contributed by atoms with van der Waals surface area (Å²) in [5.74, 6) is 1.18. The predicted molar refractivity (Wildman–Crippen MR) is 102 cm³/mol. The molecule has 130 valence electrons. The molecule has 5 nitrogen and oxygen atoms in total. The molecule has 6 heteroatoms. The molecule has 1 amide bonds. The molecule has 1 aliphatic carbocycles. The molecule has 3 N–H and O–H groups in total. The van der Waals surface area contributed by atoms with Crippen molar-refractivity contribution in [3.63, 3.8) is 0 Å². The van der Waals surface area contributed by atoms with E-state index in [-0.39, 0.29) is 5.91 Å². The van der Waals surface area contributed by atoms with Gasteiger partial charge in [0.15, 0.2) is 5.11 Å². The van der Waals surface area contributed by atoms with Crippen molar-refractivity contribution in [3.05, 3.63) is 60.2 Å². The van der Waals surface area contributed by atoms with Crippen LogP contribution in [0.5, 0.6) is 11.5 Å². The number of benzene rings is 2. The third-order valence-electron chi connectivity index (χ3n) is 4.08. The Labute approximate surface area is 152 Å². The van der Waals surface area contributed by atoms with Gasteiger partial charge in [-0.2, -0.15) is 0 Å². The molecule has 0 spiro atoms. The highest BCUT2D eigenvalue weighted by Gasteiger charge is 2.15. The van der Waals surface area contributed by atoms with Crippen molar-refractivity contribution in [1.82, 2.24) is 16.2 Å². The maximum absolute atomic E-state index is 12.2. The first-order valence-corrected chi connectivity index (χ1v) is 8.81. The van der Waals surface area contributed by atoms with E-state index in [9.17, 15) is 4.79 Å². The summed E-state index contributed by atoms with van der Waals surface area (Å²) in [7, 11) is 0. The van der Waals surface area contributed by atoms with Crippen molar-refractivity contribution in [2.45, 2.75) is 31.7 Å². The lowest BCUT2D eigenvalue weighted by atomic mass is 10.2. The summed E-state index contributed by atoms with van der Waals surface area (Å²) in [4.78, 5) is 12.2. The van der Waals surface area contributed by atoms with E-state index in [1.54, 1.807) is 24.3 Å². The molecule has 0 atom stereocenters. The van der Waals surface area contributed by atoms with Gasteiger partial charge in [-0.05, 0) is 61.5 Å². The van der Waals surface area contributed by atoms with Crippen molar-refractivity contribution >= 4 is 23.2 Å². The zero-order valence-corrected chi connectivity index (χ0v) is 14.6. The van der Waals surface area contributed by atoms with Crippen LogP contribution in [-0.2, 0) is 0 Å². The van der Waals surface area contributed by atoms with Gasteiger partial charge in [-0.3, -0.25) is 15.6 Å². The van der Waals surface area contributed by atoms with Gasteiger partial charge in [-0.1, -0.05) is 31.0 Å². The Morgan fingerprint density at radius 1 is 0.920 bits per heavy atom. The average molecular weight is 355 g/mol. The molecule has 1 saturated carbocycles. The van der Waals surface area contributed by atoms with Crippen LogP contribution in [0.3, 0.4) is 0 Å². The fourth-order valence-corrected chi connectivity index (χ4v) is 2.99. The fourth-order valence-electron chi connectivity index (χ4n) is 2.78. The van der Waals surface area contributed by atoms with Gasteiger partial charge in [-0.15, -0.1) is 0 Å². The zero-order valence-electron chi connectivity index (χ0n) is 13.8. The minimum atomic E-state index is -0.248. The van der Waals surface area contributed by atoms with Gasteiger partial charge in [0.05, 0.1) is 0 Å². The van der Waals surface area contributed by atoms with Crippen LogP contribution in [0.1, 0.15) is 36.0 Å². The van der Waals surface area contributed by atoms with Crippen molar-refractivity contribution < 1.29 is 9.53 Å². The van der Waals surface area contributed by atoms with Crippen molar-refractivity contribution in [3.8, 4) is 11.5 Å². The van der Waals surface area contributed by atoms with E-state index in [2.05, 4.69) is 16.2 Å². The van der Waals surface area contributed by atoms with E-state index in [1.165, 1.54) is 12.8 Å². The number of hydrogen-bond acceptors (Lipinski definition) is 3. The summed E-state index contributed by atoms with van der Waals surface area (Å²) in [6.07, 6.45) is 4.70. The Morgan fingerprint density at radius 2 is 1.56 bits per heavy atom. The van der Waals surface area contributed by atoms with Crippen LogP contribution in [0.2, 0.25) is 0 Å². The van der Waals surface area contributed by atoms with E-state index in [0.29, 0.717) is 22.5 Å². The molecule has 0 radical (unpaired) electrons. The number of amides is 1. The minimum Gasteiger partial charge on any atom is -0.457 e. The van der Waals surface area contributed by atoms with Gasteiger partial charge in [0.25, 0.3) is 5.91 Å². The first-order valence-electron chi connectivity index (χ1n) is 8.40. The summed E-state index contributed by atoms with van der Waals surface area (Å²) in [5.41, 5.74) is 5.88. The number of para-hydroxylation sites is 1. The predicted octanol–water partition coefficient (Wildman–Crippen LogP) is 3.53. The Bertz CT molecular complexity index is 713. The summed E-state index contributed by atoms with van der Waals surface area (Å²) in [6, 6.07) is 16.9. The lowest BCUT2D eigenvalue weighted by molar-refractivity contribution is 0.0943. The van der Waals surface area contributed by atoms with Crippen LogP contribution in [0.25, 0.3) is 0 Å². The van der Waals surface area contributed by atoms with E-state index in [0.717, 1.165) is 18.6 Å². The van der Waals surface area contributed by atoms with Crippen LogP contribution >= 0.6 is 12.2 Å². The van der Waals surface area contributed by atoms with Crippen LogP contribution in [0.15, 0.2) is 54.6 Å². The van der Waals surface area contributed by atoms with Gasteiger partial charge in [0.2, 0.25) is 0 Å². The number of thiocarbonyl (C=S) groups is 1. The van der Waals surface area contributed by atoms with Crippen LogP contribution < -0.4 is 20.9 Å². The fraction of sp³-hybridized carbons (Fsp3) is 0.263. The molecule has 0 heterocycles. The first-order chi connectivity index (χ1) is 12.2. The Morgan fingerprint density at radius 3 is 2.24 bits per heavy atom. The number of carbonyl (C=O) groups excluding carboxylic acids is 1. The molecular weight excluding hydrogens is 334 g/mol. The SMILES string of the molecule is O=C(NNC(=S)NC1CCCC1)c1ccc(Oc2ccccc2)cc1. The molecule has 2 aromatic carbocycles. The van der Waals surface area contributed by atoms with Gasteiger partial charge in [-0.25, -0.2) is 0 Å². The van der Waals surface area contributed by atoms with E-state index < -0.39 is 0 Å². The monoisotopic (exact) mass is 355 g/mol. The molecule has 0 unspecified atom stereocenters. The topological polar surface area (TPSA) is 62.4 Å². The largest absolute Gasteiger partial charge is 0.457 e. The number of carbonyl (C=O) groups is 1. The zero-order chi connectivity index (χ0) is 17.5. The summed E-state index contributed by atoms with van der Waals surface area (Å²) >= 11 is 5.20. The van der Waals surface area contributed by atoms with E-state index in [4.69, 9.17) is 17.0 Å². The number of ether oxygens (including phenoxy) is 1. The molecule has 0 aliphatic heterocycles. The van der Waals surface area contributed by atoms with Gasteiger partial charge in [0.1, 0.15) is 11.5 Å². The maximum atomic E-state index is 12.2. The number of hydrazine groups is 1. The highest BCUT2D eigenvalue weighted by molar-refractivity contribution is 7.80. The van der Waals surface area contributed by atoms with Crippen LogP contribution in [0.4, 0.5) is 0 Å². The second kappa shape index (κ2) is 8.48. The molecule has 1 aliphatic rings. The van der Waals surface area contributed by atoms with Crippen molar-refractivity contribution in [2.75, 3.05) is 0 Å². The summed E-state index contributed by atoms with van der Waals surface area (Å²) in [6.45, 7) is 0. The van der Waals surface area contributed by atoms with Crippen LogP contribution in [0, 0.1) is 0 Å². The molecule has 0 aromatic heterocycles. The number of nitrogens with one attached hydrogen (secondary N) is 3. The smallest absolute Gasteiger partial charge is 0.269 e. The highest BCUT2D eigenvalue weighted by Crippen LogP contribution is 2.21. The van der Waals surface area contributed by atoms with Crippen LogP contribution in [-0.4, -0.2) is 17.1 Å². The molecule has 3 rings (SSSR count). The number of hydrogen-bond donors (Lipinski definition) is 3. The second-order valence-electron chi connectivity index (χ2n) is 5.97. The normalized spacial score (nSPS) is 13.9. The van der Waals surface area contributed by atoms with Crippen molar-refractivity contribution in [2.24, 2.45) is 0 Å². The summed E-state index contributed by atoms with van der Waals surface area (Å²) < 4.78 is 5.71. The van der Waals surface area contributed by atoms with E-state index >= 15 is 0 Å². The molecule has 1 fully saturated rings. The second-order valence-corrected chi connectivity index (χ2v) is 6.38. The molecule has 25 heavy (non-hydrogen) atoms. The average Bonchev–Trinajstić information content (AvgIpc) is 3.14. The minimum absolute atomic E-state index is 0.248. The first kappa shape index (κ1) is 17.2. The molecule has 0 bridgehead atoms. The number of rotatable bonds is 4. The third kappa shape index (κ3) is 5.19. The Hall–Kier alpha value is -2.60. The van der Waals surface area contributed by atoms with Gasteiger partial charge >= 0.3 is 0 Å². The van der Waals surface area contributed by atoms with Gasteiger partial charge < -0.3 is 10.1 Å². The van der Waals surface area contributed by atoms with Gasteiger partial charge in [0, 0.05) is 11.6 Å². The highest BCUT2D eigenvalue weighted by atomic mass is 32.1. The molecular formula is C19H21N3O2S. The molecule has 2 aromatic rings.